The second-order valence-electron chi connectivity index (χ2n) is 5.64. The molecule has 1 aromatic heterocycles. The fourth-order valence-corrected chi connectivity index (χ4v) is 2.84. The van der Waals surface area contributed by atoms with Crippen molar-refractivity contribution in [3.05, 3.63) is 54.4 Å². The van der Waals surface area contributed by atoms with Crippen molar-refractivity contribution >= 4 is 5.97 Å². The van der Waals surface area contributed by atoms with Crippen LogP contribution in [0.25, 0.3) is 0 Å². The second kappa shape index (κ2) is 4.98. The summed E-state index contributed by atoms with van der Waals surface area (Å²) in [4.78, 5) is 18.9. The number of aliphatic carboxylic acids is 1. The van der Waals surface area contributed by atoms with Gasteiger partial charge < -0.3 is 14.9 Å². The van der Waals surface area contributed by atoms with Crippen LogP contribution in [0.1, 0.15) is 13.3 Å². The number of aliphatic hydroxyl groups is 1. The lowest BCUT2D eigenvalue weighted by Gasteiger charge is -2.10. The molecule has 0 bridgehead atoms. The molecule has 0 aliphatic heterocycles. The monoisotopic (exact) mass is 300 g/mol. The van der Waals surface area contributed by atoms with Crippen molar-refractivity contribution in [2.75, 3.05) is 0 Å². The average Bonchev–Trinajstić information content (AvgIpc) is 3.35. The fourth-order valence-electron chi connectivity index (χ4n) is 2.84. The first-order chi connectivity index (χ1) is 10.5. The molecule has 2 saturated carbocycles. The summed E-state index contributed by atoms with van der Waals surface area (Å²) in [6.07, 6.45) is 6.68. The summed E-state index contributed by atoms with van der Waals surface area (Å²) in [6, 6.07) is 1.62. The van der Waals surface area contributed by atoms with E-state index in [9.17, 15) is 9.90 Å². The molecule has 2 aliphatic rings. The van der Waals surface area contributed by atoms with E-state index in [0.717, 1.165) is 0 Å². The highest BCUT2D eigenvalue weighted by molar-refractivity contribution is 5.86. The molecule has 0 saturated heterocycles. The summed E-state index contributed by atoms with van der Waals surface area (Å²) in [5.74, 6) is 0.127. The van der Waals surface area contributed by atoms with Gasteiger partial charge in [-0.15, -0.1) is 0 Å². The summed E-state index contributed by atoms with van der Waals surface area (Å²) in [5.41, 5.74) is -0.181. The molecule has 1 aromatic rings. The summed E-state index contributed by atoms with van der Waals surface area (Å²) >= 11 is 0. The van der Waals surface area contributed by atoms with E-state index in [-0.39, 0.29) is 17.6 Å². The van der Waals surface area contributed by atoms with Gasteiger partial charge in [0.05, 0.1) is 5.41 Å². The number of carbonyl (C=O) groups is 1. The highest BCUT2D eigenvalue weighted by atomic mass is 16.5. The second-order valence-corrected chi connectivity index (χ2v) is 5.64. The lowest BCUT2D eigenvalue weighted by molar-refractivity contribution is -0.141. The first-order valence-electron chi connectivity index (χ1n) is 6.91. The van der Waals surface area contributed by atoms with E-state index >= 15 is 0 Å². The Labute approximate surface area is 127 Å². The van der Waals surface area contributed by atoms with Crippen LogP contribution < -0.4 is 4.74 Å². The van der Waals surface area contributed by atoms with E-state index in [1.165, 1.54) is 12.4 Å². The molecule has 2 N–H and O–H groups in total. The number of carboxylic acid groups (broad SMARTS) is 1. The first-order valence-corrected chi connectivity index (χ1v) is 6.91. The number of allylic oxidation sites excluding steroid dienone is 4. The number of nitrogens with zero attached hydrogens (tertiary/aromatic N) is 2. The van der Waals surface area contributed by atoms with Gasteiger partial charge in [0.1, 0.15) is 17.8 Å². The predicted octanol–water partition coefficient (Wildman–Crippen LogP) is 2.48. The smallest absolute Gasteiger partial charge is 0.310 e. The van der Waals surface area contributed by atoms with Crippen LogP contribution >= 0.6 is 0 Å². The third-order valence-electron chi connectivity index (χ3n) is 4.31. The lowest BCUT2D eigenvalue weighted by atomic mass is 9.96. The van der Waals surface area contributed by atoms with Crippen molar-refractivity contribution in [3.8, 4) is 5.88 Å². The van der Waals surface area contributed by atoms with Crippen molar-refractivity contribution in [2.24, 2.45) is 17.3 Å². The molecule has 0 radical (unpaired) electrons. The molecule has 3 rings (SSSR count). The Morgan fingerprint density at radius 1 is 1.50 bits per heavy atom. The molecule has 2 aliphatic carbocycles. The largest absolute Gasteiger partial charge is 0.508 e. The van der Waals surface area contributed by atoms with Crippen LogP contribution in [0.2, 0.25) is 0 Å². The highest BCUT2D eigenvalue weighted by Crippen LogP contribution is 2.82. The van der Waals surface area contributed by atoms with Crippen LogP contribution in [0.5, 0.6) is 5.88 Å². The van der Waals surface area contributed by atoms with Crippen molar-refractivity contribution < 1.29 is 19.7 Å². The number of rotatable bonds is 6. The Balaban J connectivity index is 1.62. The SMILES string of the molecule is C=C(/C(O)=C\C=C(/C)Oc1ccncn1)[C@@H]1[C@@H]2C[C@@]12C(=O)O. The van der Waals surface area contributed by atoms with Crippen molar-refractivity contribution in [1.82, 2.24) is 9.97 Å². The summed E-state index contributed by atoms with van der Waals surface area (Å²) < 4.78 is 5.44. The highest BCUT2D eigenvalue weighted by Gasteiger charge is 2.84. The van der Waals surface area contributed by atoms with Gasteiger partial charge in [0.2, 0.25) is 5.88 Å². The zero-order valence-electron chi connectivity index (χ0n) is 12.1. The van der Waals surface area contributed by atoms with Crippen LogP contribution in [-0.2, 0) is 4.79 Å². The van der Waals surface area contributed by atoms with Crippen LogP contribution in [0.3, 0.4) is 0 Å². The Hall–Kier alpha value is -2.63. The zero-order valence-corrected chi connectivity index (χ0v) is 12.1. The Morgan fingerprint density at radius 2 is 2.27 bits per heavy atom. The minimum atomic E-state index is -0.796. The van der Waals surface area contributed by atoms with Gasteiger partial charge in [-0.05, 0) is 37.0 Å². The molecule has 0 unspecified atom stereocenters. The predicted molar refractivity (Wildman–Crippen MR) is 77.9 cm³/mol. The number of hydrogen-bond donors (Lipinski definition) is 2. The van der Waals surface area contributed by atoms with Crippen LogP contribution in [-0.4, -0.2) is 26.2 Å². The topological polar surface area (TPSA) is 92.5 Å². The lowest BCUT2D eigenvalue weighted by Crippen LogP contribution is -2.13. The fraction of sp³-hybridized carbons (Fsp3) is 0.312. The van der Waals surface area contributed by atoms with Crippen LogP contribution in [0.15, 0.2) is 54.4 Å². The summed E-state index contributed by atoms with van der Waals surface area (Å²) in [7, 11) is 0. The van der Waals surface area contributed by atoms with E-state index in [0.29, 0.717) is 23.6 Å². The van der Waals surface area contributed by atoms with Gasteiger partial charge in [-0.2, -0.15) is 0 Å². The minimum absolute atomic E-state index is 0.0107. The zero-order chi connectivity index (χ0) is 15.9. The van der Waals surface area contributed by atoms with E-state index in [2.05, 4.69) is 16.5 Å². The molecule has 114 valence electrons. The summed E-state index contributed by atoms with van der Waals surface area (Å²) in [6.45, 7) is 5.54. The quantitative estimate of drug-likeness (QED) is 0.619. The van der Waals surface area contributed by atoms with Crippen LogP contribution in [0, 0.1) is 17.3 Å². The Kier molecular flexibility index (Phi) is 3.24. The van der Waals surface area contributed by atoms with Crippen molar-refractivity contribution in [1.29, 1.82) is 0 Å². The van der Waals surface area contributed by atoms with Gasteiger partial charge in [0.15, 0.2) is 0 Å². The van der Waals surface area contributed by atoms with E-state index < -0.39 is 11.4 Å². The van der Waals surface area contributed by atoms with Crippen LogP contribution in [0.4, 0.5) is 0 Å². The number of fused-ring (bicyclic) bond motifs is 1. The van der Waals surface area contributed by atoms with E-state index in [1.807, 2.05) is 0 Å². The number of carboxylic acids is 1. The molecule has 1 heterocycles. The first kappa shape index (κ1) is 14.3. The van der Waals surface area contributed by atoms with Gasteiger partial charge in [-0.25, -0.2) is 9.97 Å². The molecule has 3 atom stereocenters. The van der Waals surface area contributed by atoms with E-state index in [1.54, 1.807) is 25.3 Å². The third kappa shape index (κ3) is 2.26. The number of hydrogen-bond acceptors (Lipinski definition) is 5. The summed E-state index contributed by atoms with van der Waals surface area (Å²) in [5, 5.41) is 19.2. The van der Waals surface area contributed by atoms with Gasteiger partial charge in [0, 0.05) is 18.2 Å². The molecule has 0 spiro atoms. The Morgan fingerprint density at radius 3 is 2.82 bits per heavy atom. The van der Waals surface area contributed by atoms with Crippen molar-refractivity contribution in [2.45, 2.75) is 13.3 Å². The molecule has 2 fully saturated rings. The number of aromatic nitrogens is 2. The minimum Gasteiger partial charge on any atom is -0.508 e. The van der Waals surface area contributed by atoms with Gasteiger partial charge in [-0.1, -0.05) is 6.58 Å². The molecule has 22 heavy (non-hydrogen) atoms. The third-order valence-corrected chi connectivity index (χ3v) is 4.31. The maximum absolute atomic E-state index is 11.1. The average molecular weight is 300 g/mol. The maximum atomic E-state index is 11.1. The van der Waals surface area contributed by atoms with E-state index in [4.69, 9.17) is 9.84 Å². The molecule has 0 amide bonds. The normalized spacial score (nSPS) is 29.5. The Bertz CT molecular complexity index is 695. The van der Waals surface area contributed by atoms with Gasteiger partial charge in [0.25, 0.3) is 0 Å². The molecule has 6 nitrogen and oxygen atoms in total. The molecule has 0 aromatic carbocycles. The van der Waals surface area contributed by atoms with Crippen molar-refractivity contribution in [3.63, 3.8) is 0 Å². The number of aliphatic hydroxyl groups excluding tert-OH is 1. The molecular weight excluding hydrogens is 284 g/mol. The maximum Gasteiger partial charge on any atom is 0.310 e. The number of ether oxygens (including phenoxy) is 1. The standard InChI is InChI=1S/C16H16N2O4/c1-9(22-13-5-6-17-8-18-13)3-4-12(19)10(2)14-11-7-16(11,14)15(20)21/h3-6,8,11,14,19H,2,7H2,1H3,(H,20,21)/b9-3+,12-4+/t11-,14+,16-/m0/s1. The molecule has 6 heteroatoms. The van der Waals surface area contributed by atoms with Gasteiger partial charge in [-0.3, -0.25) is 4.79 Å². The van der Waals surface area contributed by atoms with Gasteiger partial charge >= 0.3 is 5.97 Å². The molecular formula is C16H16N2O4.